The summed E-state index contributed by atoms with van der Waals surface area (Å²) in [6, 6.07) is 16.4. The predicted molar refractivity (Wildman–Crippen MR) is 99.9 cm³/mol. The van der Waals surface area contributed by atoms with Gasteiger partial charge in [-0.3, -0.25) is 4.79 Å². The minimum Gasteiger partial charge on any atom is -0.378 e. The number of fused-ring (bicyclic) bond motifs is 1. The molecule has 4 nitrogen and oxygen atoms in total. The second-order valence-corrected chi connectivity index (χ2v) is 6.72. The Morgan fingerprint density at radius 1 is 1.00 bits per heavy atom. The lowest BCUT2D eigenvalue weighted by molar-refractivity contribution is 0.0980. The molecule has 0 fully saturated rings. The topological polar surface area (TPSA) is 26.8 Å². The first kappa shape index (κ1) is 16.5. The van der Waals surface area contributed by atoms with Crippen LogP contribution in [0.25, 0.3) is 0 Å². The van der Waals surface area contributed by atoms with Gasteiger partial charge in [-0.15, -0.1) is 0 Å². The Kier molecular flexibility index (Phi) is 4.58. The molecule has 2 aromatic carbocycles. The Bertz CT molecular complexity index is 722. The first-order chi connectivity index (χ1) is 11.5. The van der Waals surface area contributed by atoms with Crippen LogP contribution in [0.15, 0.2) is 48.5 Å². The van der Waals surface area contributed by atoms with E-state index in [9.17, 15) is 4.79 Å². The van der Waals surface area contributed by atoms with Crippen LogP contribution in [0.4, 0.5) is 11.4 Å². The highest BCUT2D eigenvalue weighted by Crippen LogP contribution is 2.36. The Morgan fingerprint density at radius 2 is 1.67 bits per heavy atom. The fraction of sp³-hybridized carbons (Fsp3) is 0.350. The number of benzene rings is 2. The zero-order valence-electron chi connectivity index (χ0n) is 14.9. The molecular weight excluding hydrogens is 298 g/mol. The van der Waals surface area contributed by atoms with Gasteiger partial charge in [0.15, 0.2) is 0 Å². The first-order valence-corrected chi connectivity index (χ1v) is 8.33. The Labute approximate surface area is 144 Å². The molecular formula is C20H25N3O. The third-order valence-electron chi connectivity index (χ3n) is 4.71. The van der Waals surface area contributed by atoms with Gasteiger partial charge in [-0.1, -0.05) is 18.2 Å². The number of para-hydroxylation sites is 1. The molecule has 0 aromatic heterocycles. The maximum atomic E-state index is 13.0. The highest BCUT2D eigenvalue weighted by molar-refractivity contribution is 6.07. The van der Waals surface area contributed by atoms with Crippen molar-refractivity contribution in [3.8, 4) is 0 Å². The van der Waals surface area contributed by atoms with Crippen molar-refractivity contribution >= 4 is 17.3 Å². The Morgan fingerprint density at radius 3 is 2.29 bits per heavy atom. The molecule has 0 bridgehead atoms. The van der Waals surface area contributed by atoms with Gasteiger partial charge < -0.3 is 14.7 Å². The summed E-state index contributed by atoms with van der Waals surface area (Å²) >= 11 is 0. The van der Waals surface area contributed by atoms with Crippen LogP contribution >= 0.6 is 0 Å². The summed E-state index contributed by atoms with van der Waals surface area (Å²) in [5.74, 6) is 0.0740. The van der Waals surface area contributed by atoms with Crippen LogP contribution in [0.3, 0.4) is 0 Å². The van der Waals surface area contributed by atoms with Crippen LogP contribution in [0.2, 0.25) is 0 Å². The van der Waals surface area contributed by atoms with E-state index >= 15 is 0 Å². The molecule has 0 radical (unpaired) electrons. The van der Waals surface area contributed by atoms with E-state index in [4.69, 9.17) is 0 Å². The van der Waals surface area contributed by atoms with E-state index in [0.29, 0.717) is 6.04 Å². The molecule has 1 aliphatic rings. The Hall–Kier alpha value is -2.33. The van der Waals surface area contributed by atoms with Crippen molar-refractivity contribution in [1.29, 1.82) is 0 Å². The maximum absolute atomic E-state index is 13.0. The number of hydrogen-bond donors (Lipinski definition) is 0. The number of hydrogen-bond acceptors (Lipinski definition) is 3. The smallest absolute Gasteiger partial charge is 0.258 e. The van der Waals surface area contributed by atoms with Gasteiger partial charge in [0.1, 0.15) is 0 Å². The zero-order valence-corrected chi connectivity index (χ0v) is 14.9. The molecule has 1 aliphatic heterocycles. The lowest BCUT2D eigenvalue weighted by Crippen LogP contribution is -2.39. The van der Waals surface area contributed by atoms with Crippen LogP contribution in [0.5, 0.6) is 0 Å². The van der Waals surface area contributed by atoms with Gasteiger partial charge >= 0.3 is 0 Å². The number of amides is 1. The fourth-order valence-electron chi connectivity index (χ4n) is 3.35. The van der Waals surface area contributed by atoms with E-state index < -0.39 is 0 Å². The third-order valence-corrected chi connectivity index (χ3v) is 4.71. The summed E-state index contributed by atoms with van der Waals surface area (Å²) in [6.07, 6.45) is 0.950. The second-order valence-electron chi connectivity index (χ2n) is 6.72. The summed E-state index contributed by atoms with van der Waals surface area (Å²) < 4.78 is 0. The fourth-order valence-corrected chi connectivity index (χ4v) is 3.35. The van der Waals surface area contributed by atoms with Gasteiger partial charge in [0.2, 0.25) is 0 Å². The minimum atomic E-state index is 0.0740. The van der Waals surface area contributed by atoms with Crippen molar-refractivity contribution in [2.24, 2.45) is 0 Å². The van der Waals surface area contributed by atoms with Crippen LogP contribution in [-0.4, -0.2) is 45.5 Å². The van der Waals surface area contributed by atoms with Crippen LogP contribution in [-0.2, 0) is 0 Å². The van der Waals surface area contributed by atoms with Crippen molar-refractivity contribution in [1.82, 2.24) is 4.90 Å². The first-order valence-electron chi connectivity index (χ1n) is 8.33. The number of anilines is 2. The number of nitrogens with zero attached hydrogens (tertiary/aromatic N) is 3. The summed E-state index contributed by atoms with van der Waals surface area (Å²) in [7, 11) is 8.19. The molecule has 0 aliphatic carbocycles. The summed E-state index contributed by atoms with van der Waals surface area (Å²) in [6.45, 7) is 0.744. The highest BCUT2D eigenvalue weighted by atomic mass is 16.2. The monoisotopic (exact) mass is 323 g/mol. The standard InChI is InChI=1S/C20H25N3O/c1-21(2)16-11-9-15(10-12-16)20(24)23-14-13-18(22(3)4)17-7-5-6-8-19(17)23/h5-12,18H,13-14H2,1-4H3. The predicted octanol–water partition coefficient (Wildman–Crippen LogP) is 3.41. The van der Waals surface area contributed by atoms with Gasteiger partial charge in [0.05, 0.1) is 0 Å². The minimum absolute atomic E-state index is 0.0740. The maximum Gasteiger partial charge on any atom is 0.258 e. The SMILES string of the molecule is CN(C)c1ccc(C(=O)N2CCC(N(C)C)c3ccccc32)cc1. The van der Waals surface area contributed by atoms with E-state index in [1.165, 1.54) is 5.56 Å². The molecule has 0 N–H and O–H groups in total. The summed E-state index contributed by atoms with van der Waals surface area (Å²) in [4.78, 5) is 19.2. The van der Waals surface area contributed by atoms with Crippen LogP contribution in [0, 0.1) is 0 Å². The van der Waals surface area contributed by atoms with E-state index in [1.807, 2.05) is 54.2 Å². The highest BCUT2D eigenvalue weighted by Gasteiger charge is 2.29. The lowest BCUT2D eigenvalue weighted by Gasteiger charge is -2.37. The van der Waals surface area contributed by atoms with Crippen molar-refractivity contribution in [2.45, 2.75) is 12.5 Å². The molecule has 126 valence electrons. The number of carbonyl (C=O) groups excluding carboxylic acids is 1. The Balaban J connectivity index is 1.91. The van der Waals surface area contributed by atoms with Gasteiger partial charge in [-0.05, 0) is 56.4 Å². The van der Waals surface area contributed by atoms with E-state index in [1.54, 1.807) is 0 Å². The lowest BCUT2D eigenvalue weighted by atomic mass is 9.95. The molecule has 0 saturated carbocycles. The third kappa shape index (κ3) is 3.02. The summed E-state index contributed by atoms with van der Waals surface area (Å²) in [5.41, 5.74) is 4.09. The quantitative estimate of drug-likeness (QED) is 0.866. The molecule has 1 atom stereocenters. The number of rotatable bonds is 3. The van der Waals surface area contributed by atoms with Crippen molar-refractivity contribution in [2.75, 3.05) is 44.5 Å². The average Bonchev–Trinajstić information content (AvgIpc) is 2.60. The molecule has 1 heterocycles. The van der Waals surface area contributed by atoms with Crippen molar-refractivity contribution in [3.05, 3.63) is 59.7 Å². The van der Waals surface area contributed by atoms with Crippen molar-refractivity contribution < 1.29 is 4.79 Å². The molecule has 0 saturated heterocycles. The molecule has 3 rings (SSSR count). The van der Waals surface area contributed by atoms with Gasteiger partial charge in [0, 0.05) is 43.6 Å². The van der Waals surface area contributed by atoms with Crippen molar-refractivity contribution in [3.63, 3.8) is 0 Å². The van der Waals surface area contributed by atoms with Gasteiger partial charge in [-0.25, -0.2) is 0 Å². The molecule has 4 heteroatoms. The normalized spacial score (nSPS) is 16.9. The molecule has 2 aromatic rings. The largest absolute Gasteiger partial charge is 0.378 e. The second kappa shape index (κ2) is 6.65. The summed E-state index contributed by atoms with van der Waals surface area (Å²) in [5, 5.41) is 0. The van der Waals surface area contributed by atoms with Crippen LogP contribution < -0.4 is 9.80 Å². The van der Waals surface area contributed by atoms with Gasteiger partial charge in [-0.2, -0.15) is 0 Å². The number of carbonyl (C=O) groups is 1. The molecule has 0 spiro atoms. The van der Waals surface area contributed by atoms with E-state index in [2.05, 4.69) is 37.2 Å². The zero-order chi connectivity index (χ0) is 17.3. The average molecular weight is 323 g/mol. The molecule has 24 heavy (non-hydrogen) atoms. The molecule has 1 unspecified atom stereocenters. The van der Waals surface area contributed by atoms with Gasteiger partial charge in [0.25, 0.3) is 5.91 Å². The van der Waals surface area contributed by atoms with Crippen LogP contribution in [0.1, 0.15) is 28.4 Å². The molecule has 1 amide bonds. The van der Waals surface area contributed by atoms with E-state index in [0.717, 1.165) is 29.9 Å². The van der Waals surface area contributed by atoms with E-state index in [-0.39, 0.29) is 5.91 Å².